The first-order valence-electron chi connectivity index (χ1n) is 19.4. The predicted molar refractivity (Wildman–Crippen MR) is 215 cm³/mol. The minimum atomic E-state index is -0.549. The van der Waals surface area contributed by atoms with Gasteiger partial charge in [0.15, 0.2) is 5.82 Å². The van der Waals surface area contributed by atoms with Crippen LogP contribution in [0.2, 0.25) is 0 Å². The van der Waals surface area contributed by atoms with Gasteiger partial charge in [-0.2, -0.15) is 10.4 Å². The van der Waals surface area contributed by atoms with Crippen molar-refractivity contribution >= 4 is 28.9 Å². The summed E-state index contributed by atoms with van der Waals surface area (Å²) in [4.78, 5) is 52.6. The Hall–Kier alpha value is -6.46. The number of imide groups is 1. The number of hydrogen-bond acceptors (Lipinski definition) is 11. The zero-order valence-electron chi connectivity index (χ0n) is 31.5. The Labute approximate surface area is 329 Å². The number of nitrogens with one attached hydrogen (secondary N) is 2. The molecule has 0 aliphatic carbocycles. The van der Waals surface area contributed by atoms with Crippen molar-refractivity contribution in [3.63, 3.8) is 0 Å². The van der Waals surface area contributed by atoms with Crippen molar-refractivity contribution in [1.29, 1.82) is 5.26 Å². The Morgan fingerprint density at radius 3 is 2.35 bits per heavy atom. The lowest BCUT2D eigenvalue weighted by atomic mass is 9.95. The first-order chi connectivity index (χ1) is 27.8. The summed E-state index contributed by atoms with van der Waals surface area (Å²) in [6, 6.07) is 24.7. The van der Waals surface area contributed by atoms with Crippen LogP contribution in [0.4, 0.5) is 21.5 Å². The van der Waals surface area contributed by atoms with Crippen molar-refractivity contribution in [1.82, 2.24) is 30.0 Å². The molecule has 14 heteroatoms. The minimum absolute atomic E-state index is 0.217. The third kappa shape index (κ3) is 8.84. The van der Waals surface area contributed by atoms with Crippen molar-refractivity contribution in [3.8, 4) is 28.7 Å². The summed E-state index contributed by atoms with van der Waals surface area (Å²) in [5.74, 6) is 0.176. The lowest BCUT2D eigenvalue weighted by Gasteiger charge is -2.40. The maximum Gasteiger partial charge on any atom is 0.267 e. The zero-order chi connectivity index (χ0) is 39.3. The molecule has 0 saturated carbocycles. The molecule has 1 atom stereocenters. The lowest BCUT2D eigenvalue weighted by molar-refractivity contribution is -0.133. The van der Waals surface area contributed by atoms with Crippen LogP contribution in [0.3, 0.4) is 0 Å². The molecular formula is C43H43FN10O3. The van der Waals surface area contributed by atoms with E-state index in [1.807, 2.05) is 42.7 Å². The summed E-state index contributed by atoms with van der Waals surface area (Å²) < 4.78 is 16.6. The van der Waals surface area contributed by atoms with Crippen LogP contribution in [0.1, 0.15) is 36.8 Å². The van der Waals surface area contributed by atoms with E-state index in [-0.39, 0.29) is 36.2 Å². The van der Waals surface area contributed by atoms with Crippen molar-refractivity contribution < 1.29 is 14.0 Å². The van der Waals surface area contributed by atoms with Gasteiger partial charge >= 0.3 is 0 Å². The van der Waals surface area contributed by atoms with Gasteiger partial charge in [-0.25, -0.2) is 19.0 Å². The van der Waals surface area contributed by atoms with Crippen LogP contribution in [0.25, 0.3) is 22.6 Å². The van der Waals surface area contributed by atoms with E-state index in [0.717, 1.165) is 81.0 Å². The van der Waals surface area contributed by atoms with Gasteiger partial charge in [-0.05, 0) is 73.2 Å². The van der Waals surface area contributed by atoms with Crippen molar-refractivity contribution in [2.75, 3.05) is 60.9 Å². The number of carbonyl (C=O) groups is 2. The first-order valence-corrected chi connectivity index (χ1v) is 19.4. The van der Waals surface area contributed by atoms with Crippen LogP contribution in [0, 0.1) is 23.1 Å². The van der Waals surface area contributed by atoms with Crippen LogP contribution >= 0.6 is 0 Å². The summed E-state index contributed by atoms with van der Waals surface area (Å²) in [6.45, 7) is 6.51. The summed E-state index contributed by atoms with van der Waals surface area (Å²) in [5.41, 5.74) is 5.53. The number of nitriles is 1. The van der Waals surface area contributed by atoms with Gasteiger partial charge in [-0.3, -0.25) is 24.6 Å². The minimum Gasteiger partial charge on any atom is -0.374 e. The van der Waals surface area contributed by atoms with Crippen LogP contribution in [-0.4, -0.2) is 88.3 Å². The average molecular weight is 767 g/mol. The number of rotatable bonds is 10. The molecule has 5 aromatic rings. The largest absolute Gasteiger partial charge is 0.374 e. The quantitative estimate of drug-likeness (QED) is 0.191. The fourth-order valence-corrected chi connectivity index (χ4v) is 7.88. The molecule has 0 radical (unpaired) electrons. The molecule has 5 heterocycles. The number of aromatic nitrogens is 4. The summed E-state index contributed by atoms with van der Waals surface area (Å²) in [6.07, 6.45) is 6.39. The highest BCUT2D eigenvalue weighted by molar-refractivity contribution is 6.01. The number of halogens is 1. The molecule has 3 aliphatic heterocycles. The second-order valence-corrected chi connectivity index (χ2v) is 14.9. The molecule has 290 valence electrons. The van der Waals surface area contributed by atoms with Gasteiger partial charge in [-0.1, -0.05) is 30.3 Å². The van der Waals surface area contributed by atoms with Crippen LogP contribution < -0.4 is 26.0 Å². The predicted octanol–water partition coefficient (Wildman–Crippen LogP) is 4.68. The van der Waals surface area contributed by atoms with Crippen molar-refractivity contribution in [2.24, 2.45) is 5.92 Å². The molecule has 2 aromatic heterocycles. The van der Waals surface area contributed by atoms with Gasteiger partial charge < -0.3 is 15.1 Å². The molecule has 2 N–H and O–H groups in total. The van der Waals surface area contributed by atoms with E-state index in [9.17, 15) is 19.6 Å². The first kappa shape index (κ1) is 37.5. The van der Waals surface area contributed by atoms with E-state index in [1.54, 1.807) is 36.4 Å². The number of amides is 2. The Morgan fingerprint density at radius 2 is 1.60 bits per heavy atom. The van der Waals surface area contributed by atoms with Gasteiger partial charge in [0.1, 0.15) is 11.9 Å². The summed E-state index contributed by atoms with van der Waals surface area (Å²) in [5, 5.41) is 19.2. The molecule has 1 unspecified atom stereocenters. The molecule has 3 aliphatic rings. The van der Waals surface area contributed by atoms with Gasteiger partial charge in [-0.15, -0.1) is 0 Å². The Bertz CT molecular complexity index is 2360. The number of nitrogens with zero attached hydrogens (tertiary/aromatic N) is 8. The van der Waals surface area contributed by atoms with Crippen LogP contribution in [0.5, 0.6) is 0 Å². The number of benzene rings is 3. The van der Waals surface area contributed by atoms with Gasteiger partial charge in [0.2, 0.25) is 11.8 Å². The zero-order valence-corrected chi connectivity index (χ0v) is 31.5. The fraction of sp³-hybridized carbons (Fsp3) is 0.326. The maximum atomic E-state index is 15.2. The van der Waals surface area contributed by atoms with Crippen LogP contribution in [-0.2, 0) is 16.1 Å². The van der Waals surface area contributed by atoms with Crippen molar-refractivity contribution in [3.05, 3.63) is 119 Å². The Balaban J connectivity index is 0.808. The van der Waals surface area contributed by atoms with E-state index in [0.29, 0.717) is 40.8 Å². The molecule has 13 nitrogen and oxygen atoms in total. The standard InChI is InChI=1S/C43H43FN10O3/c44-36-23-34(48-38-8-11-40(55)49-43(38)57)7-10-39(36)53-15-13-29(14-16-53)27-51-17-19-52(20-18-51)35-25-46-42(47-26-35)33-6-2-4-31(22-33)28-54-41(56)12-9-37(50-54)32-5-1-3-30(21-32)24-45/h1-7,9-10,12,21-23,25-26,29,38,48H,8,11,13-20,27-28H2,(H,49,55,57). The molecule has 3 saturated heterocycles. The fourth-order valence-electron chi connectivity index (χ4n) is 7.88. The van der Waals surface area contributed by atoms with Crippen LogP contribution in [0.15, 0.2) is 96.1 Å². The highest BCUT2D eigenvalue weighted by Gasteiger charge is 2.28. The molecular weight excluding hydrogens is 724 g/mol. The molecule has 3 aromatic carbocycles. The van der Waals surface area contributed by atoms with E-state index >= 15 is 4.39 Å². The molecule has 8 rings (SSSR count). The molecule has 0 bridgehead atoms. The second-order valence-electron chi connectivity index (χ2n) is 14.9. The Morgan fingerprint density at radius 1 is 0.825 bits per heavy atom. The molecule has 2 amide bonds. The van der Waals surface area contributed by atoms with Crippen molar-refractivity contribution in [2.45, 2.75) is 38.3 Å². The molecule has 3 fully saturated rings. The molecule has 0 spiro atoms. The third-order valence-corrected chi connectivity index (χ3v) is 11.0. The van der Waals surface area contributed by atoms with E-state index < -0.39 is 6.04 Å². The van der Waals surface area contributed by atoms with E-state index in [4.69, 9.17) is 9.97 Å². The number of piperazine rings is 1. The number of hydrogen-bond donors (Lipinski definition) is 2. The molecule has 57 heavy (non-hydrogen) atoms. The monoisotopic (exact) mass is 766 g/mol. The van der Waals surface area contributed by atoms with E-state index in [1.165, 1.54) is 16.8 Å². The third-order valence-electron chi connectivity index (χ3n) is 11.0. The van der Waals surface area contributed by atoms with Gasteiger partial charge in [0.25, 0.3) is 5.56 Å². The van der Waals surface area contributed by atoms with Gasteiger partial charge in [0.05, 0.1) is 47.6 Å². The van der Waals surface area contributed by atoms with E-state index in [2.05, 4.69) is 36.5 Å². The Kier molecular flexibility index (Phi) is 11.0. The highest BCUT2D eigenvalue weighted by atomic mass is 19.1. The number of anilines is 3. The second kappa shape index (κ2) is 16.7. The summed E-state index contributed by atoms with van der Waals surface area (Å²) >= 11 is 0. The number of carbonyl (C=O) groups excluding carboxylic acids is 2. The lowest BCUT2D eigenvalue weighted by Crippen LogP contribution is -2.49. The normalized spacial score (nSPS) is 17.9. The van der Waals surface area contributed by atoms with Gasteiger partial charge in [0, 0.05) is 75.1 Å². The average Bonchev–Trinajstić information content (AvgIpc) is 3.24. The SMILES string of the molecule is N#Cc1cccc(-c2ccc(=O)n(Cc3cccc(-c4ncc(N5CCN(CC6CCN(c7ccc(NC8CCC(=O)NC8=O)cc7F)CC6)CC5)cn4)c3)n2)c1. The smallest absolute Gasteiger partial charge is 0.267 e. The summed E-state index contributed by atoms with van der Waals surface area (Å²) in [7, 11) is 0. The maximum absolute atomic E-state index is 15.2. The number of piperidine rings is 2. The highest BCUT2D eigenvalue weighted by Crippen LogP contribution is 2.29. The topological polar surface area (TPSA) is 152 Å².